The Morgan fingerprint density at radius 3 is 2.48 bits per heavy atom. The van der Waals surface area contributed by atoms with E-state index < -0.39 is 29.8 Å². The first-order valence-electron chi connectivity index (χ1n) is 14.7. The van der Waals surface area contributed by atoms with E-state index in [1.54, 1.807) is 43.8 Å². The molecule has 10 nitrogen and oxygen atoms in total. The number of fused-ring (bicyclic) bond motifs is 9. The number of hydrogen-bond donors (Lipinski definition) is 3. The molecular formula is C32H31N3O7S2. The van der Waals surface area contributed by atoms with E-state index >= 15 is 0 Å². The van der Waals surface area contributed by atoms with Crippen LogP contribution in [0.1, 0.15) is 36.6 Å². The molecule has 1 saturated heterocycles. The van der Waals surface area contributed by atoms with E-state index in [0.717, 1.165) is 31.7 Å². The van der Waals surface area contributed by atoms with Gasteiger partial charge in [0.25, 0.3) is 5.91 Å². The number of likely N-dealkylation sites (tertiary alicyclic amines) is 1. The molecule has 3 fully saturated rings. The Kier molecular flexibility index (Phi) is 7.16. The minimum absolute atomic E-state index is 0.0238. The second-order valence-electron chi connectivity index (χ2n) is 12.3. The molecule has 2 aliphatic carbocycles. The predicted octanol–water partition coefficient (Wildman–Crippen LogP) is 4.04. The van der Waals surface area contributed by atoms with Gasteiger partial charge in [0.1, 0.15) is 11.8 Å². The standard InChI is InChI=1S/C32H31N3O7S2/c1-14(2)25(31(39)40)35-29(37)23-18-12-19(24(23)30(35)38)26-22(18)21(27-28(43-26)34-32(41)44-27)15-7-6-10-17(11-15)42-13-20(36)33-16-8-4-3-5-9-16/h3-11,14,18-19,21-26H,12-13H2,1-2H3,(H,33,36)(H,34,41)(H,39,40)/t18?,19?,21-,22?,23?,24?,25?,26?/m1/s1. The van der Waals surface area contributed by atoms with Gasteiger partial charge < -0.3 is 20.1 Å². The molecular weight excluding hydrogens is 602 g/mol. The number of carbonyl (C=O) groups is 4. The number of para-hydroxylation sites is 1. The number of hydrogen-bond acceptors (Lipinski definition) is 8. The summed E-state index contributed by atoms with van der Waals surface area (Å²) in [6.45, 7) is 3.24. The van der Waals surface area contributed by atoms with Crippen molar-refractivity contribution < 1.29 is 29.0 Å². The number of thiazole rings is 1. The van der Waals surface area contributed by atoms with E-state index in [4.69, 9.17) is 4.74 Å². The van der Waals surface area contributed by atoms with Crippen LogP contribution in [-0.2, 0) is 19.2 Å². The van der Waals surface area contributed by atoms with Gasteiger partial charge in [-0.15, -0.1) is 11.8 Å². The summed E-state index contributed by atoms with van der Waals surface area (Å²) in [5, 5.41) is 13.5. The molecule has 2 aliphatic heterocycles. The predicted molar refractivity (Wildman–Crippen MR) is 164 cm³/mol. The maximum absolute atomic E-state index is 13.9. The van der Waals surface area contributed by atoms with Crippen molar-refractivity contribution in [2.45, 2.75) is 42.5 Å². The number of carboxylic acids is 1. The number of aliphatic carboxylic acids is 1. The van der Waals surface area contributed by atoms with Crippen LogP contribution in [0, 0.1) is 35.5 Å². The molecule has 7 rings (SSSR count). The molecule has 8 atom stereocenters. The highest BCUT2D eigenvalue weighted by Gasteiger charge is 2.70. The van der Waals surface area contributed by atoms with Crippen LogP contribution in [0.25, 0.3) is 0 Å². The zero-order valence-corrected chi connectivity index (χ0v) is 25.6. The number of aromatic nitrogens is 1. The molecule has 3 amide bonds. The van der Waals surface area contributed by atoms with Gasteiger partial charge >= 0.3 is 10.8 Å². The maximum atomic E-state index is 13.9. The van der Waals surface area contributed by atoms with Crippen molar-refractivity contribution in [2.24, 2.45) is 35.5 Å². The smallest absolute Gasteiger partial charge is 0.327 e. The SMILES string of the molecule is CC(C)C(C(=O)O)N1C(=O)C2C3CC(C2C1=O)C1C3Sc2[nH]c(=O)sc2[C@@H]1c1cccc(OCC(=O)Nc2ccccc2)c1. The van der Waals surface area contributed by atoms with Crippen molar-refractivity contribution in [3.63, 3.8) is 0 Å². The number of benzene rings is 2. The number of thioether (sulfide) groups is 1. The van der Waals surface area contributed by atoms with Crippen molar-refractivity contribution in [3.8, 4) is 5.75 Å². The van der Waals surface area contributed by atoms with Crippen LogP contribution in [0.3, 0.4) is 0 Å². The highest BCUT2D eigenvalue weighted by Crippen LogP contribution is 2.68. The Balaban J connectivity index is 1.19. The van der Waals surface area contributed by atoms with Gasteiger partial charge in [0.05, 0.1) is 16.9 Å². The number of anilines is 1. The largest absolute Gasteiger partial charge is 0.484 e. The molecule has 2 aromatic carbocycles. The molecule has 228 valence electrons. The summed E-state index contributed by atoms with van der Waals surface area (Å²) >= 11 is 2.73. The molecule has 0 spiro atoms. The Morgan fingerprint density at radius 1 is 1.05 bits per heavy atom. The third-order valence-electron chi connectivity index (χ3n) is 9.57. The molecule has 1 aromatic heterocycles. The third kappa shape index (κ3) is 4.57. The summed E-state index contributed by atoms with van der Waals surface area (Å²) in [5.74, 6) is -3.78. The average Bonchev–Trinajstić information content (AvgIpc) is 3.72. The Labute approximate surface area is 261 Å². The van der Waals surface area contributed by atoms with Crippen LogP contribution in [-0.4, -0.2) is 56.6 Å². The number of amides is 3. The van der Waals surface area contributed by atoms with Crippen LogP contribution in [0.15, 0.2) is 64.4 Å². The van der Waals surface area contributed by atoms with Crippen LogP contribution in [0.2, 0.25) is 0 Å². The molecule has 2 saturated carbocycles. The van der Waals surface area contributed by atoms with Crippen molar-refractivity contribution in [3.05, 3.63) is 74.7 Å². The summed E-state index contributed by atoms with van der Waals surface area (Å²) in [4.78, 5) is 69.6. The zero-order chi connectivity index (χ0) is 30.9. The van der Waals surface area contributed by atoms with E-state index in [-0.39, 0.29) is 58.1 Å². The quantitative estimate of drug-likeness (QED) is 0.315. The van der Waals surface area contributed by atoms with E-state index in [9.17, 15) is 29.1 Å². The molecule has 12 heteroatoms. The second kappa shape index (κ2) is 10.9. The number of nitrogens with one attached hydrogen (secondary N) is 2. The topological polar surface area (TPSA) is 146 Å². The van der Waals surface area contributed by atoms with Gasteiger partial charge in [-0.3, -0.25) is 24.1 Å². The number of H-pyrrole nitrogens is 1. The van der Waals surface area contributed by atoms with E-state index in [1.165, 1.54) is 0 Å². The molecule has 7 unspecified atom stereocenters. The van der Waals surface area contributed by atoms with E-state index in [1.807, 2.05) is 36.4 Å². The van der Waals surface area contributed by atoms with Gasteiger partial charge in [-0.05, 0) is 59.9 Å². The first-order chi connectivity index (χ1) is 21.1. The van der Waals surface area contributed by atoms with Crippen molar-refractivity contribution in [1.29, 1.82) is 0 Å². The fourth-order valence-corrected chi connectivity index (χ4v) is 10.9. The van der Waals surface area contributed by atoms with Gasteiger partial charge in [-0.1, -0.05) is 55.5 Å². The number of carbonyl (C=O) groups excluding carboxylic acids is 3. The lowest BCUT2D eigenvalue weighted by molar-refractivity contribution is -0.157. The summed E-state index contributed by atoms with van der Waals surface area (Å²) in [6.07, 6.45) is 0.702. The van der Waals surface area contributed by atoms with Gasteiger partial charge in [-0.25, -0.2) is 4.79 Å². The Hall–Kier alpha value is -3.90. The van der Waals surface area contributed by atoms with Crippen LogP contribution < -0.4 is 14.9 Å². The fourth-order valence-electron chi connectivity index (χ4n) is 8.05. The van der Waals surface area contributed by atoms with Gasteiger partial charge in [-0.2, -0.15) is 0 Å². The summed E-state index contributed by atoms with van der Waals surface area (Å²) < 4.78 is 5.88. The number of nitrogens with zero attached hydrogens (tertiary/aromatic N) is 1. The minimum atomic E-state index is -1.20. The van der Waals surface area contributed by atoms with Crippen molar-refractivity contribution in [2.75, 3.05) is 11.9 Å². The third-order valence-corrected chi connectivity index (χ3v) is 12.2. The Morgan fingerprint density at radius 2 is 1.77 bits per heavy atom. The lowest BCUT2D eigenvalue weighted by atomic mass is 9.68. The highest BCUT2D eigenvalue weighted by molar-refractivity contribution is 8.00. The summed E-state index contributed by atoms with van der Waals surface area (Å²) in [6, 6.07) is 15.4. The van der Waals surface area contributed by atoms with Gasteiger partial charge in [0.15, 0.2) is 6.61 Å². The zero-order valence-electron chi connectivity index (χ0n) is 24.0. The maximum Gasteiger partial charge on any atom is 0.327 e. The fraction of sp³-hybridized carbons (Fsp3) is 0.406. The van der Waals surface area contributed by atoms with Gasteiger partial charge in [0.2, 0.25) is 11.8 Å². The lowest BCUT2D eigenvalue weighted by Crippen LogP contribution is -2.49. The molecule has 3 aromatic rings. The molecule has 3 heterocycles. The van der Waals surface area contributed by atoms with Crippen molar-refractivity contribution >= 4 is 52.5 Å². The lowest BCUT2D eigenvalue weighted by Gasteiger charge is -2.43. The number of imide groups is 1. The minimum Gasteiger partial charge on any atom is -0.484 e. The first-order valence-corrected chi connectivity index (χ1v) is 16.4. The van der Waals surface area contributed by atoms with Gasteiger partial charge in [0, 0.05) is 21.7 Å². The van der Waals surface area contributed by atoms with E-state index in [2.05, 4.69) is 10.3 Å². The molecule has 0 radical (unpaired) electrons. The normalized spacial score (nSPS) is 28.9. The van der Waals surface area contributed by atoms with Crippen molar-refractivity contribution in [1.82, 2.24) is 9.88 Å². The molecule has 2 bridgehead atoms. The number of aromatic amines is 1. The van der Waals surface area contributed by atoms with E-state index in [0.29, 0.717) is 17.9 Å². The number of rotatable bonds is 8. The van der Waals surface area contributed by atoms with Crippen LogP contribution >= 0.6 is 23.1 Å². The van der Waals surface area contributed by atoms with Crippen LogP contribution in [0.4, 0.5) is 5.69 Å². The monoisotopic (exact) mass is 633 g/mol. The second-order valence-corrected chi connectivity index (χ2v) is 14.5. The number of carboxylic acid groups (broad SMARTS) is 1. The molecule has 4 aliphatic rings. The Bertz CT molecular complexity index is 1720. The van der Waals surface area contributed by atoms with Crippen LogP contribution in [0.5, 0.6) is 5.75 Å². The first kappa shape index (κ1) is 28.8. The molecule has 3 N–H and O–H groups in total. The average molecular weight is 634 g/mol. The number of ether oxygens (including phenoxy) is 1. The summed E-state index contributed by atoms with van der Waals surface area (Å²) in [7, 11) is 0. The molecule has 44 heavy (non-hydrogen) atoms. The summed E-state index contributed by atoms with van der Waals surface area (Å²) in [5.41, 5.74) is 1.58. The highest BCUT2D eigenvalue weighted by atomic mass is 32.2.